The van der Waals surface area contributed by atoms with Crippen LogP contribution in [0.5, 0.6) is 0 Å². The highest BCUT2D eigenvalue weighted by atomic mass is 19.1. The number of hydrogen-bond donors (Lipinski definition) is 1. The van der Waals surface area contributed by atoms with Crippen molar-refractivity contribution in [1.82, 2.24) is 0 Å². The van der Waals surface area contributed by atoms with Crippen molar-refractivity contribution in [3.8, 4) is 0 Å². The van der Waals surface area contributed by atoms with E-state index in [1.54, 1.807) is 6.92 Å². The van der Waals surface area contributed by atoms with E-state index in [1.165, 1.54) is 6.07 Å². The third-order valence-corrected chi connectivity index (χ3v) is 4.02. The van der Waals surface area contributed by atoms with E-state index in [-0.39, 0.29) is 5.82 Å². The Hall–Kier alpha value is -1.38. The molecule has 1 aliphatic rings. The van der Waals surface area contributed by atoms with Gasteiger partial charge in [-0.15, -0.1) is 0 Å². The average molecular weight is 236 g/mol. The Morgan fingerprint density at radius 2 is 1.88 bits per heavy atom. The first kappa shape index (κ1) is 12.1. The van der Waals surface area contributed by atoms with Crippen molar-refractivity contribution in [2.24, 2.45) is 0 Å². The number of carboxylic acid groups (broad SMARTS) is 1. The summed E-state index contributed by atoms with van der Waals surface area (Å²) < 4.78 is 13.7. The van der Waals surface area contributed by atoms with E-state index in [2.05, 4.69) is 0 Å². The topological polar surface area (TPSA) is 37.3 Å². The second-order valence-corrected chi connectivity index (χ2v) is 4.99. The SMILES string of the molecule is Cc1cc(C2(C(=O)O)CCCC2)cc(F)c1C. The first-order chi connectivity index (χ1) is 7.97. The standard InChI is InChI=1S/C14H17FO2/c1-9-7-11(8-12(15)10(9)2)14(13(16)17)5-3-4-6-14/h7-8H,3-6H2,1-2H3,(H,16,17). The van der Waals surface area contributed by atoms with Gasteiger partial charge < -0.3 is 5.11 Å². The van der Waals surface area contributed by atoms with Crippen molar-refractivity contribution in [2.45, 2.75) is 44.9 Å². The number of aryl methyl sites for hydroxylation is 1. The lowest BCUT2D eigenvalue weighted by atomic mass is 9.78. The molecular weight excluding hydrogens is 219 g/mol. The van der Waals surface area contributed by atoms with Gasteiger partial charge in [0.15, 0.2) is 0 Å². The highest BCUT2D eigenvalue weighted by Crippen LogP contribution is 2.42. The molecule has 2 nitrogen and oxygen atoms in total. The molecule has 1 aromatic carbocycles. The summed E-state index contributed by atoms with van der Waals surface area (Å²) in [5, 5.41) is 9.45. The molecule has 1 fully saturated rings. The van der Waals surface area contributed by atoms with E-state index in [0.717, 1.165) is 18.4 Å². The average Bonchev–Trinajstić information content (AvgIpc) is 2.75. The van der Waals surface area contributed by atoms with Crippen LogP contribution >= 0.6 is 0 Å². The van der Waals surface area contributed by atoms with Crippen molar-refractivity contribution in [1.29, 1.82) is 0 Å². The van der Waals surface area contributed by atoms with E-state index in [9.17, 15) is 14.3 Å². The Labute approximate surface area is 100 Å². The van der Waals surface area contributed by atoms with Crippen LogP contribution in [-0.4, -0.2) is 11.1 Å². The van der Waals surface area contributed by atoms with Crippen LogP contribution in [-0.2, 0) is 10.2 Å². The van der Waals surface area contributed by atoms with Crippen LogP contribution < -0.4 is 0 Å². The monoisotopic (exact) mass is 236 g/mol. The van der Waals surface area contributed by atoms with Gasteiger partial charge >= 0.3 is 5.97 Å². The number of benzene rings is 1. The van der Waals surface area contributed by atoms with Gasteiger partial charge in [-0.1, -0.05) is 18.9 Å². The lowest BCUT2D eigenvalue weighted by Crippen LogP contribution is -2.32. The smallest absolute Gasteiger partial charge is 0.314 e. The number of rotatable bonds is 2. The zero-order valence-electron chi connectivity index (χ0n) is 10.2. The molecule has 0 heterocycles. The fraction of sp³-hybridized carbons (Fsp3) is 0.500. The van der Waals surface area contributed by atoms with Gasteiger partial charge in [-0.2, -0.15) is 0 Å². The molecule has 0 saturated heterocycles. The molecule has 1 aromatic rings. The molecule has 0 amide bonds. The maximum Gasteiger partial charge on any atom is 0.314 e. The van der Waals surface area contributed by atoms with Crippen LogP contribution in [0.1, 0.15) is 42.4 Å². The molecule has 17 heavy (non-hydrogen) atoms. The van der Waals surface area contributed by atoms with Crippen LogP contribution in [0.3, 0.4) is 0 Å². The zero-order chi connectivity index (χ0) is 12.6. The van der Waals surface area contributed by atoms with E-state index < -0.39 is 11.4 Å². The van der Waals surface area contributed by atoms with Gasteiger partial charge in [0, 0.05) is 0 Å². The van der Waals surface area contributed by atoms with Crippen LogP contribution in [0.2, 0.25) is 0 Å². The number of carbonyl (C=O) groups is 1. The molecule has 92 valence electrons. The molecule has 0 aromatic heterocycles. The maximum atomic E-state index is 13.7. The third kappa shape index (κ3) is 1.84. The fourth-order valence-electron chi connectivity index (χ4n) is 2.70. The van der Waals surface area contributed by atoms with E-state index in [0.29, 0.717) is 24.0 Å². The lowest BCUT2D eigenvalue weighted by Gasteiger charge is -2.25. The van der Waals surface area contributed by atoms with Gasteiger partial charge in [0.1, 0.15) is 5.82 Å². The molecule has 3 heteroatoms. The highest BCUT2D eigenvalue weighted by molar-refractivity contribution is 5.82. The van der Waals surface area contributed by atoms with Crippen LogP contribution in [0.15, 0.2) is 12.1 Å². The van der Waals surface area contributed by atoms with Crippen molar-refractivity contribution in [3.63, 3.8) is 0 Å². The quantitative estimate of drug-likeness (QED) is 0.855. The van der Waals surface area contributed by atoms with E-state index in [4.69, 9.17) is 0 Å². The summed E-state index contributed by atoms with van der Waals surface area (Å²) in [6.45, 7) is 3.54. The summed E-state index contributed by atoms with van der Waals surface area (Å²) in [6.07, 6.45) is 3.04. The summed E-state index contributed by atoms with van der Waals surface area (Å²) >= 11 is 0. The normalized spacial score (nSPS) is 18.3. The molecule has 1 saturated carbocycles. The van der Waals surface area contributed by atoms with Gasteiger partial charge in [0.25, 0.3) is 0 Å². The molecule has 0 aliphatic heterocycles. The third-order valence-electron chi connectivity index (χ3n) is 4.02. The maximum absolute atomic E-state index is 13.7. The number of aliphatic carboxylic acids is 1. The van der Waals surface area contributed by atoms with Crippen molar-refractivity contribution < 1.29 is 14.3 Å². The Morgan fingerprint density at radius 1 is 1.29 bits per heavy atom. The summed E-state index contributed by atoms with van der Waals surface area (Å²) in [6, 6.07) is 3.24. The van der Waals surface area contributed by atoms with E-state index >= 15 is 0 Å². The largest absolute Gasteiger partial charge is 0.481 e. The molecule has 0 atom stereocenters. The minimum atomic E-state index is -0.862. The Kier molecular flexibility index (Phi) is 2.94. The molecule has 0 radical (unpaired) electrons. The first-order valence-corrected chi connectivity index (χ1v) is 5.98. The minimum Gasteiger partial charge on any atom is -0.481 e. The lowest BCUT2D eigenvalue weighted by molar-refractivity contribution is -0.143. The van der Waals surface area contributed by atoms with Crippen molar-refractivity contribution in [3.05, 3.63) is 34.6 Å². The molecule has 1 N–H and O–H groups in total. The predicted octanol–water partition coefficient (Wildman–Crippen LogP) is 3.34. The Balaban J connectivity index is 2.55. The minimum absolute atomic E-state index is 0.299. The van der Waals surface area contributed by atoms with Gasteiger partial charge in [-0.25, -0.2) is 4.39 Å². The van der Waals surface area contributed by atoms with Crippen LogP contribution in [0, 0.1) is 19.7 Å². The Bertz CT molecular complexity index is 436. The van der Waals surface area contributed by atoms with Gasteiger partial charge in [0.2, 0.25) is 0 Å². The predicted molar refractivity (Wildman–Crippen MR) is 63.7 cm³/mol. The molecule has 2 rings (SSSR count). The van der Waals surface area contributed by atoms with Crippen molar-refractivity contribution >= 4 is 5.97 Å². The first-order valence-electron chi connectivity index (χ1n) is 5.98. The summed E-state index contributed by atoms with van der Waals surface area (Å²) in [5.41, 5.74) is 1.20. The van der Waals surface area contributed by atoms with E-state index in [1.807, 2.05) is 13.0 Å². The molecule has 1 aliphatic carbocycles. The zero-order valence-corrected chi connectivity index (χ0v) is 10.2. The number of carboxylic acids is 1. The molecule has 0 bridgehead atoms. The second kappa shape index (κ2) is 4.13. The summed E-state index contributed by atoms with van der Waals surface area (Å²) in [7, 11) is 0. The summed E-state index contributed by atoms with van der Waals surface area (Å²) in [4.78, 5) is 11.5. The second-order valence-electron chi connectivity index (χ2n) is 4.99. The van der Waals surface area contributed by atoms with Crippen LogP contribution in [0.4, 0.5) is 4.39 Å². The molecular formula is C14H17FO2. The van der Waals surface area contributed by atoms with Gasteiger partial charge in [0.05, 0.1) is 5.41 Å². The van der Waals surface area contributed by atoms with Crippen molar-refractivity contribution in [2.75, 3.05) is 0 Å². The fourth-order valence-corrected chi connectivity index (χ4v) is 2.70. The van der Waals surface area contributed by atoms with Gasteiger partial charge in [-0.05, 0) is 49.4 Å². The highest BCUT2D eigenvalue weighted by Gasteiger charge is 2.43. The number of hydrogen-bond acceptors (Lipinski definition) is 1. The number of halogens is 1. The summed E-state index contributed by atoms with van der Waals surface area (Å²) in [5.74, 6) is -1.12. The molecule has 0 unspecified atom stereocenters. The molecule has 0 spiro atoms. The van der Waals surface area contributed by atoms with Crippen LogP contribution in [0.25, 0.3) is 0 Å². The van der Waals surface area contributed by atoms with Gasteiger partial charge in [-0.3, -0.25) is 4.79 Å². The Morgan fingerprint density at radius 3 is 2.35 bits per heavy atom.